The summed E-state index contributed by atoms with van der Waals surface area (Å²) < 4.78 is 10.2. The number of hydrogen-bond donors (Lipinski definition) is 2. The highest BCUT2D eigenvalue weighted by molar-refractivity contribution is 5.66. The number of aromatic hydroxyl groups is 1. The number of anilines is 1. The summed E-state index contributed by atoms with van der Waals surface area (Å²) in [7, 11) is 1.62. The van der Waals surface area contributed by atoms with Crippen molar-refractivity contribution < 1.29 is 14.4 Å². The normalized spacial score (nSPS) is 12.6. The first-order chi connectivity index (χ1) is 8.60. The zero-order valence-electron chi connectivity index (χ0n) is 10.3. The summed E-state index contributed by atoms with van der Waals surface area (Å²) >= 11 is 0. The summed E-state index contributed by atoms with van der Waals surface area (Å²) in [4.78, 5) is 4.20. The summed E-state index contributed by atoms with van der Waals surface area (Å²) in [6.45, 7) is 1.91. The van der Waals surface area contributed by atoms with E-state index in [0.717, 1.165) is 0 Å². The molecule has 0 amide bonds. The number of hydrogen-bond acceptors (Lipinski definition) is 6. The standard InChI is InChI=1S/C12H15N3O3/c1-7(17-2)5-11-14-12(18-15-11)9-4-3-8(13)6-10(9)16/h3-4,6-7,16H,5,13H2,1-2H3. The molecule has 0 aliphatic rings. The fourth-order valence-electron chi connectivity index (χ4n) is 1.52. The fourth-order valence-corrected chi connectivity index (χ4v) is 1.52. The zero-order chi connectivity index (χ0) is 13.1. The molecule has 3 N–H and O–H groups in total. The molecule has 0 bridgehead atoms. The Morgan fingerprint density at radius 3 is 2.94 bits per heavy atom. The minimum absolute atomic E-state index is 0.00969. The molecule has 0 spiro atoms. The molecule has 6 heteroatoms. The number of nitrogens with two attached hydrogens (primary N) is 1. The van der Waals surface area contributed by atoms with Crippen molar-refractivity contribution in [3.05, 3.63) is 24.0 Å². The van der Waals surface area contributed by atoms with E-state index >= 15 is 0 Å². The second-order valence-electron chi connectivity index (χ2n) is 4.04. The van der Waals surface area contributed by atoms with Crippen LogP contribution in [0.15, 0.2) is 22.7 Å². The van der Waals surface area contributed by atoms with Crippen LogP contribution in [-0.4, -0.2) is 28.5 Å². The van der Waals surface area contributed by atoms with E-state index in [-0.39, 0.29) is 17.7 Å². The van der Waals surface area contributed by atoms with Crippen molar-refractivity contribution in [1.82, 2.24) is 10.1 Å². The number of aromatic nitrogens is 2. The first kappa shape index (κ1) is 12.4. The first-order valence-electron chi connectivity index (χ1n) is 5.54. The topological polar surface area (TPSA) is 94.4 Å². The van der Waals surface area contributed by atoms with Crippen molar-refractivity contribution in [3.8, 4) is 17.2 Å². The Kier molecular flexibility index (Phi) is 3.47. The van der Waals surface area contributed by atoms with Gasteiger partial charge in [-0.2, -0.15) is 4.98 Å². The molecule has 0 aliphatic carbocycles. The predicted octanol–water partition coefficient (Wildman–Crippen LogP) is 1.60. The van der Waals surface area contributed by atoms with E-state index in [1.165, 1.54) is 6.07 Å². The van der Waals surface area contributed by atoms with Gasteiger partial charge in [0.2, 0.25) is 0 Å². The second kappa shape index (κ2) is 5.05. The summed E-state index contributed by atoms with van der Waals surface area (Å²) in [6, 6.07) is 4.75. The van der Waals surface area contributed by atoms with Crippen LogP contribution >= 0.6 is 0 Å². The van der Waals surface area contributed by atoms with E-state index in [4.69, 9.17) is 15.0 Å². The van der Waals surface area contributed by atoms with E-state index in [1.54, 1.807) is 19.2 Å². The van der Waals surface area contributed by atoms with Gasteiger partial charge in [0, 0.05) is 25.3 Å². The summed E-state index contributed by atoms with van der Waals surface area (Å²) in [6.07, 6.45) is 0.561. The lowest BCUT2D eigenvalue weighted by Crippen LogP contribution is -2.09. The smallest absolute Gasteiger partial charge is 0.261 e. The molecule has 0 fully saturated rings. The average Bonchev–Trinajstić information content (AvgIpc) is 2.77. The second-order valence-corrected chi connectivity index (χ2v) is 4.04. The van der Waals surface area contributed by atoms with Crippen LogP contribution in [0.25, 0.3) is 11.5 Å². The van der Waals surface area contributed by atoms with E-state index in [0.29, 0.717) is 23.5 Å². The molecule has 2 aromatic rings. The number of nitrogens with zero attached hydrogens (tertiary/aromatic N) is 2. The summed E-state index contributed by atoms with van der Waals surface area (Å²) in [5.74, 6) is 0.825. The maximum atomic E-state index is 9.75. The lowest BCUT2D eigenvalue weighted by molar-refractivity contribution is 0.116. The number of phenolic OH excluding ortho intramolecular Hbond substituents is 1. The Labute approximate surface area is 104 Å². The van der Waals surface area contributed by atoms with Crippen LogP contribution in [0.3, 0.4) is 0 Å². The molecule has 96 valence electrons. The van der Waals surface area contributed by atoms with E-state index in [2.05, 4.69) is 10.1 Å². The van der Waals surface area contributed by atoms with Crippen LogP contribution in [0, 0.1) is 0 Å². The summed E-state index contributed by atoms with van der Waals surface area (Å²) in [5.41, 5.74) is 6.49. The maximum absolute atomic E-state index is 9.75. The summed E-state index contributed by atoms with van der Waals surface area (Å²) in [5, 5.41) is 13.6. The molecule has 1 aromatic heterocycles. The van der Waals surface area contributed by atoms with Gasteiger partial charge in [-0.1, -0.05) is 5.16 Å². The van der Waals surface area contributed by atoms with Crippen LogP contribution in [0.1, 0.15) is 12.7 Å². The molecule has 1 atom stereocenters. The van der Waals surface area contributed by atoms with Crippen LogP contribution in [0.4, 0.5) is 5.69 Å². The van der Waals surface area contributed by atoms with Gasteiger partial charge in [0.15, 0.2) is 5.82 Å². The van der Waals surface area contributed by atoms with E-state index in [1.807, 2.05) is 6.92 Å². The molecule has 0 radical (unpaired) electrons. The highest BCUT2D eigenvalue weighted by Crippen LogP contribution is 2.29. The van der Waals surface area contributed by atoms with Crippen LogP contribution in [0.2, 0.25) is 0 Å². The van der Waals surface area contributed by atoms with E-state index < -0.39 is 0 Å². The van der Waals surface area contributed by atoms with E-state index in [9.17, 15) is 5.11 Å². The molecule has 18 heavy (non-hydrogen) atoms. The number of methoxy groups -OCH3 is 1. The van der Waals surface area contributed by atoms with Crippen molar-refractivity contribution in [2.75, 3.05) is 12.8 Å². The van der Waals surface area contributed by atoms with Crippen LogP contribution in [-0.2, 0) is 11.2 Å². The highest BCUT2D eigenvalue weighted by atomic mass is 16.5. The Bertz CT molecular complexity index is 539. The largest absolute Gasteiger partial charge is 0.507 e. The van der Waals surface area contributed by atoms with Crippen molar-refractivity contribution in [3.63, 3.8) is 0 Å². The molecule has 0 aliphatic heterocycles. The fraction of sp³-hybridized carbons (Fsp3) is 0.333. The quantitative estimate of drug-likeness (QED) is 0.799. The molecule has 6 nitrogen and oxygen atoms in total. The lowest BCUT2D eigenvalue weighted by atomic mass is 10.2. The number of ether oxygens (including phenoxy) is 1. The van der Waals surface area contributed by atoms with Gasteiger partial charge in [0.25, 0.3) is 5.89 Å². The molecule has 0 saturated carbocycles. The minimum Gasteiger partial charge on any atom is -0.507 e. The Hall–Kier alpha value is -2.08. The molecule has 2 rings (SSSR count). The van der Waals surface area contributed by atoms with Gasteiger partial charge in [-0.25, -0.2) is 0 Å². The molecule has 1 unspecified atom stereocenters. The number of rotatable bonds is 4. The Morgan fingerprint density at radius 2 is 2.28 bits per heavy atom. The van der Waals surface area contributed by atoms with Gasteiger partial charge < -0.3 is 20.1 Å². The van der Waals surface area contributed by atoms with Gasteiger partial charge in [-0.3, -0.25) is 0 Å². The molecular weight excluding hydrogens is 234 g/mol. The minimum atomic E-state index is 0.00969. The third-order valence-electron chi connectivity index (χ3n) is 2.59. The maximum Gasteiger partial charge on any atom is 0.261 e. The Morgan fingerprint density at radius 1 is 1.50 bits per heavy atom. The van der Waals surface area contributed by atoms with Gasteiger partial charge in [-0.05, 0) is 19.1 Å². The monoisotopic (exact) mass is 249 g/mol. The number of nitrogen functional groups attached to an aromatic ring is 1. The SMILES string of the molecule is COC(C)Cc1noc(-c2ccc(N)cc2O)n1. The first-order valence-corrected chi connectivity index (χ1v) is 5.54. The third kappa shape index (κ3) is 2.60. The number of benzene rings is 1. The van der Waals surface area contributed by atoms with Crippen molar-refractivity contribution in [1.29, 1.82) is 0 Å². The van der Waals surface area contributed by atoms with Crippen molar-refractivity contribution in [2.24, 2.45) is 0 Å². The average molecular weight is 249 g/mol. The predicted molar refractivity (Wildman–Crippen MR) is 66.0 cm³/mol. The zero-order valence-corrected chi connectivity index (χ0v) is 10.3. The van der Waals surface area contributed by atoms with Gasteiger partial charge >= 0.3 is 0 Å². The van der Waals surface area contributed by atoms with Gasteiger partial charge in [-0.15, -0.1) is 0 Å². The van der Waals surface area contributed by atoms with Crippen molar-refractivity contribution >= 4 is 5.69 Å². The highest BCUT2D eigenvalue weighted by Gasteiger charge is 2.14. The van der Waals surface area contributed by atoms with Gasteiger partial charge in [0.1, 0.15) is 5.75 Å². The van der Waals surface area contributed by atoms with Crippen LogP contribution in [0.5, 0.6) is 5.75 Å². The Balaban J connectivity index is 2.24. The lowest BCUT2D eigenvalue weighted by Gasteiger charge is -2.04. The molecule has 1 aromatic carbocycles. The van der Waals surface area contributed by atoms with Gasteiger partial charge in [0.05, 0.1) is 11.7 Å². The van der Waals surface area contributed by atoms with Crippen LogP contribution < -0.4 is 5.73 Å². The molecular formula is C12H15N3O3. The number of phenols is 1. The molecule has 0 saturated heterocycles. The van der Waals surface area contributed by atoms with Crippen molar-refractivity contribution in [2.45, 2.75) is 19.4 Å². The third-order valence-corrected chi connectivity index (χ3v) is 2.59. The molecule has 1 heterocycles.